The Morgan fingerprint density at radius 1 is 1.05 bits per heavy atom. The number of nitrogens with zero attached hydrogens (tertiary/aromatic N) is 4. The second-order valence-electron chi connectivity index (χ2n) is 5.34. The topological polar surface area (TPSA) is 32.3 Å². The van der Waals surface area contributed by atoms with Crippen LogP contribution in [0.15, 0.2) is 42.6 Å². The van der Waals surface area contributed by atoms with Gasteiger partial charge in [-0.2, -0.15) is 4.98 Å². The first-order chi connectivity index (χ1) is 10.4. The van der Waals surface area contributed by atoms with Crippen LogP contribution in [0.1, 0.15) is 26.2 Å². The van der Waals surface area contributed by atoms with Crippen molar-refractivity contribution in [2.45, 2.75) is 26.2 Å². The number of aromatic nitrogens is 2. The zero-order valence-corrected chi connectivity index (χ0v) is 12.6. The molecular weight excluding hydrogens is 260 g/mol. The summed E-state index contributed by atoms with van der Waals surface area (Å²) < 4.78 is 0. The van der Waals surface area contributed by atoms with Crippen molar-refractivity contribution in [1.82, 2.24) is 9.97 Å². The Labute approximate surface area is 126 Å². The number of para-hydroxylation sites is 1. The van der Waals surface area contributed by atoms with Gasteiger partial charge >= 0.3 is 0 Å². The number of rotatable bonds is 4. The largest absolute Gasteiger partial charge is 0.341 e. The number of benzene rings is 1. The van der Waals surface area contributed by atoms with Crippen LogP contribution in [0.5, 0.6) is 0 Å². The first-order valence-electron chi connectivity index (χ1n) is 7.79. The third kappa shape index (κ3) is 3.15. The highest BCUT2D eigenvalue weighted by molar-refractivity contribution is 5.60. The molecule has 0 unspecified atom stereocenters. The monoisotopic (exact) mass is 282 g/mol. The molecule has 2 aromatic rings. The fourth-order valence-electron chi connectivity index (χ4n) is 2.82. The standard InChI is InChI=1S/C17H22N4/c1-2-21(15-9-5-3-6-10-15)16-11-12-18-17(19-16)20-13-7-4-8-14-20/h3,5-6,9-12H,2,4,7-8,13-14H2,1H3. The average Bonchev–Trinajstić information content (AvgIpc) is 2.58. The predicted molar refractivity (Wildman–Crippen MR) is 87.2 cm³/mol. The van der Waals surface area contributed by atoms with Gasteiger partial charge in [-0.25, -0.2) is 4.98 Å². The summed E-state index contributed by atoms with van der Waals surface area (Å²) in [6, 6.07) is 12.4. The minimum absolute atomic E-state index is 0.863. The first kappa shape index (κ1) is 13.9. The van der Waals surface area contributed by atoms with Gasteiger partial charge in [-0.3, -0.25) is 0 Å². The smallest absolute Gasteiger partial charge is 0.227 e. The second-order valence-corrected chi connectivity index (χ2v) is 5.34. The van der Waals surface area contributed by atoms with Gasteiger partial charge in [0, 0.05) is 31.5 Å². The minimum Gasteiger partial charge on any atom is -0.341 e. The van der Waals surface area contributed by atoms with E-state index in [-0.39, 0.29) is 0 Å². The first-order valence-corrected chi connectivity index (χ1v) is 7.79. The van der Waals surface area contributed by atoms with E-state index in [0.29, 0.717) is 0 Å². The van der Waals surface area contributed by atoms with Crippen molar-refractivity contribution in [3.05, 3.63) is 42.6 Å². The van der Waals surface area contributed by atoms with Gasteiger partial charge in [0.05, 0.1) is 0 Å². The van der Waals surface area contributed by atoms with Crippen LogP contribution in [0.25, 0.3) is 0 Å². The minimum atomic E-state index is 0.863. The van der Waals surface area contributed by atoms with Crippen molar-refractivity contribution < 1.29 is 0 Å². The molecule has 1 aliphatic rings. The van der Waals surface area contributed by atoms with Gasteiger partial charge in [-0.1, -0.05) is 18.2 Å². The molecule has 0 spiro atoms. The molecule has 1 aromatic heterocycles. The maximum atomic E-state index is 4.78. The van der Waals surface area contributed by atoms with E-state index in [2.05, 4.69) is 46.0 Å². The molecule has 0 N–H and O–H groups in total. The number of hydrogen-bond donors (Lipinski definition) is 0. The van der Waals surface area contributed by atoms with Gasteiger partial charge in [0.15, 0.2) is 0 Å². The quantitative estimate of drug-likeness (QED) is 0.857. The predicted octanol–water partition coefficient (Wildman–Crippen LogP) is 3.62. The van der Waals surface area contributed by atoms with Gasteiger partial charge in [0.2, 0.25) is 5.95 Å². The molecule has 4 nitrogen and oxygen atoms in total. The van der Waals surface area contributed by atoms with Crippen LogP contribution in [-0.4, -0.2) is 29.6 Å². The summed E-state index contributed by atoms with van der Waals surface area (Å²) in [5.74, 6) is 1.83. The fraction of sp³-hybridized carbons (Fsp3) is 0.412. The lowest BCUT2D eigenvalue weighted by molar-refractivity contribution is 0.568. The van der Waals surface area contributed by atoms with Crippen LogP contribution in [0, 0.1) is 0 Å². The number of piperidine rings is 1. The fourth-order valence-corrected chi connectivity index (χ4v) is 2.82. The zero-order chi connectivity index (χ0) is 14.5. The van der Waals surface area contributed by atoms with E-state index in [1.807, 2.05) is 18.3 Å². The third-order valence-electron chi connectivity index (χ3n) is 3.93. The molecule has 4 heteroatoms. The van der Waals surface area contributed by atoms with Crippen LogP contribution in [0.2, 0.25) is 0 Å². The van der Waals surface area contributed by atoms with E-state index in [9.17, 15) is 0 Å². The van der Waals surface area contributed by atoms with Gasteiger partial charge < -0.3 is 9.80 Å². The highest BCUT2D eigenvalue weighted by Gasteiger charge is 2.15. The molecule has 0 bridgehead atoms. The van der Waals surface area contributed by atoms with Crippen molar-refractivity contribution in [2.75, 3.05) is 29.4 Å². The molecule has 0 saturated carbocycles. The molecule has 3 rings (SSSR count). The molecule has 110 valence electrons. The SMILES string of the molecule is CCN(c1ccccc1)c1ccnc(N2CCCCC2)n1. The Morgan fingerprint density at radius 2 is 1.81 bits per heavy atom. The van der Waals surface area contributed by atoms with Crippen molar-refractivity contribution in [3.8, 4) is 0 Å². The molecular formula is C17H22N4. The summed E-state index contributed by atoms with van der Waals surface area (Å²) in [6.45, 7) is 5.18. The Balaban J connectivity index is 1.87. The summed E-state index contributed by atoms with van der Waals surface area (Å²) in [5, 5.41) is 0. The van der Waals surface area contributed by atoms with Gasteiger partial charge in [0.1, 0.15) is 5.82 Å². The Bertz CT molecular complexity index is 564. The van der Waals surface area contributed by atoms with Crippen LogP contribution in [-0.2, 0) is 0 Å². The molecule has 0 amide bonds. The third-order valence-corrected chi connectivity index (χ3v) is 3.93. The van der Waals surface area contributed by atoms with E-state index < -0.39 is 0 Å². The van der Waals surface area contributed by atoms with Crippen LogP contribution < -0.4 is 9.80 Å². The molecule has 21 heavy (non-hydrogen) atoms. The normalized spacial score (nSPS) is 15.0. The lowest BCUT2D eigenvalue weighted by Gasteiger charge is -2.28. The zero-order valence-electron chi connectivity index (χ0n) is 12.6. The highest BCUT2D eigenvalue weighted by Crippen LogP contribution is 2.24. The molecule has 2 heterocycles. The van der Waals surface area contributed by atoms with Gasteiger partial charge in [-0.15, -0.1) is 0 Å². The van der Waals surface area contributed by atoms with Gasteiger partial charge in [0.25, 0.3) is 0 Å². The molecule has 1 saturated heterocycles. The van der Waals surface area contributed by atoms with E-state index in [4.69, 9.17) is 4.98 Å². The van der Waals surface area contributed by atoms with Gasteiger partial charge in [-0.05, 0) is 44.4 Å². The lowest BCUT2D eigenvalue weighted by Crippen LogP contribution is -2.31. The lowest BCUT2D eigenvalue weighted by atomic mass is 10.1. The highest BCUT2D eigenvalue weighted by atomic mass is 15.3. The summed E-state index contributed by atoms with van der Waals surface area (Å²) in [7, 11) is 0. The summed E-state index contributed by atoms with van der Waals surface area (Å²) >= 11 is 0. The van der Waals surface area contributed by atoms with Crippen LogP contribution >= 0.6 is 0 Å². The van der Waals surface area contributed by atoms with Crippen LogP contribution in [0.4, 0.5) is 17.5 Å². The van der Waals surface area contributed by atoms with E-state index >= 15 is 0 Å². The molecule has 0 radical (unpaired) electrons. The second kappa shape index (κ2) is 6.57. The van der Waals surface area contributed by atoms with Crippen molar-refractivity contribution in [1.29, 1.82) is 0 Å². The summed E-state index contributed by atoms with van der Waals surface area (Å²) in [4.78, 5) is 13.8. The summed E-state index contributed by atoms with van der Waals surface area (Å²) in [5.41, 5.74) is 1.17. The van der Waals surface area contributed by atoms with Crippen molar-refractivity contribution in [3.63, 3.8) is 0 Å². The van der Waals surface area contributed by atoms with Crippen LogP contribution in [0.3, 0.4) is 0 Å². The van der Waals surface area contributed by atoms with E-state index in [1.54, 1.807) is 0 Å². The summed E-state index contributed by atoms with van der Waals surface area (Å²) in [6.07, 6.45) is 5.67. The molecule has 1 aliphatic heterocycles. The molecule has 0 atom stereocenters. The molecule has 1 fully saturated rings. The maximum absolute atomic E-state index is 4.78. The Hall–Kier alpha value is -2.10. The molecule has 1 aromatic carbocycles. The van der Waals surface area contributed by atoms with E-state index in [1.165, 1.54) is 24.9 Å². The van der Waals surface area contributed by atoms with Crippen molar-refractivity contribution in [2.24, 2.45) is 0 Å². The maximum Gasteiger partial charge on any atom is 0.227 e. The van der Waals surface area contributed by atoms with Crippen molar-refractivity contribution >= 4 is 17.5 Å². The Morgan fingerprint density at radius 3 is 2.52 bits per heavy atom. The number of anilines is 3. The number of hydrogen-bond acceptors (Lipinski definition) is 4. The molecule has 0 aliphatic carbocycles. The van der Waals surface area contributed by atoms with E-state index in [0.717, 1.165) is 31.4 Å². The Kier molecular flexibility index (Phi) is 4.34. The average molecular weight is 282 g/mol.